The number of halogens is 1. The molecule has 26 heavy (non-hydrogen) atoms. The highest BCUT2D eigenvalue weighted by atomic mass is 19.1. The predicted octanol–water partition coefficient (Wildman–Crippen LogP) is 1.25. The van der Waals surface area contributed by atoms with E-state index in [4.69, 9.17) is 0 Å². The van der Waals surface area contributed by atoms with Crippen LogP contribution in [0, 0.1) is 5.82 Å². The van der Waals surface area contributed by atoms with Crippen LogP contribution in [0.1, 0.15) is 43.1 Å². The monoisotopic (exact) mass is 362 g/mol. The van der Waals surface area contributed by atoms with E-state index in [2.05, 4.69) is 33.1 Å². The van der Waals surface area contributed by atoms with Gasteiger partial charge in [0.1, 0.15) is 11.4 Å². The summed E-state index contributed by atoms with van der Waals surface area (Å²) in [6, 6.07) is 3.92. The van der Waals surface area contributed by atoms with Crippen LogP contribution in [-0.2, 0) is 25.1 Å². The zero-order valence-electron chi connectivity index (χ0n) is 14.7. The van der Waals surface area contributed by atoms with E-state index >= 15 is 0 Å². The van der Waals surface area contributed by atoms with Crippen molar-refractivity contribution in [3.8, 4) is 0 Å². The molecule has 0 saturated carbocycles. The lowest BCUT2D eigenvalue weighted by Crippen LogP contribution is -2.44. The highest BCUT2D eigenvalue weighted by molar-refractivity contribution is 5.73. The van der Waals surface area contributed by atoms with Crippen LogP contribution in [0.5, 0.6) is 0 Å². The number of hydrogen-bond acceptors (Lipinski definition) is 5. The summed E-state index contributed by atoms with van der Waals surface area (Å²) in [5.74, 6) is 0.258. The van der Waals surface area contributed by atoms with Gasteiger partial charge in [-0.3, -0.25) is 0 Å². The smallest absolute Gasteiger partial charge is 0.315 e. The van der Waals surface area contributed by atoms with Crippen LogP contribution in [0.15, 0.2) is 18.2 Å². The molecule has 0 fully saturated rings. The van der Waals surface area contributed by atoms with Crippen molar-refractivity contribution in [1.82, 2.24) is 30.8 Å². The fourth-order valence-corrected chi connectivity index (χ4v) is 3.16. The predicted molar refractivity (Wildman–Crippen MR) is 91.6 cm³/mol. The normalized spacial score (nSPS) is 18.6. The minimum atomic E-state index is -1.18. The summed E-state index contributed by atoms with van der Waals surface area (Å²) < 4.78 is 15.0. The third-order valence-electron chi connectivity index (χ3n) is 4.65. The second-order valence-corrected chi connectivity index (χ2v) is 6.54. The number of aliphatic hydroxyl groups is 1. The molecule has 9 heteroatoms. The van der Waals surface area contributed by atoms with Gasteiger partial charge >= 0.3 is 6.03 Å². The van der Waals surface area contributed by atoms with Gasteiger partial charge in [-0.1, -0.05) is 19.4 Å². The number of carbonyl (C=O) groups excluding carboxylic acids is 1. The molecule has 1 aliphatic rings. The van der Waals surface area contributed by atoms with Gasteiger partial charge < -0.3 is 15.7 Å². The number of rotatable bonds is 7. The van der Waals surface area contributed by atoms with Crippen molar-refractivity contribution in [3.05, 3.63) is 41.0 Å². The lowest BCUT2D eigenvalue weighted by atomic mass is 9.96. The maximum atomic E-state index is 13.3. The molecule has 0 aliphatic heterocycles. The molecular formula is C17H23FN6O2. The van der Waals surface area contributed by atoms with Crippen molar-refractivity contribution in [3.63, 3.8) is 0 Å². The first kappa shape index (κ1) is 18.2. The molecule has 3 N–H and O–H groups in total. The number of fused-ring (bicyclic) bond motifs is 1. The first-order valence-electron chi connectivity index (χ1n) is 8.80. The van der Waals surface area contributed by atoms with Crippen LogP contribution >= 0.6 is 0 Å². The van der Waals surface area contributed by atoms with Gasteiger partial charge in [0.15, 0.2) is 5.82 Å². The Hall–Kier alpha value is -2.55. The summed E-state index contributed by atoms with van der Waals surface area (Å²) in [5, 5.41) is 27.6. The SMILES string of the molecule is CCCCn1nnnc1CNC(=O)NCC1(O)CCc2cc(F)ccc21. The van der Waals surface area contributed by atoms with E-state index in [0.29, 0.717) is 30.8 Å². The van der Waals surface area contributed by atoms with E-state index in [0.717, 1.165) is 18.4 Å². The Kier molecular flexibility index (Phi) is 5.46. The summed E-state index contributed by atoms with van der Waals surface area (Å²) in [6.07, 6.45) is 3.01. The van der Waals surface area contributed by atoms with E-state index in [9.17, 15) is 14.3 Å². The molecule has 1 aliphatic carbocycles. The molecule has 1 aromatic heterocycles. The highest BCUT2D eigenvalue weighted by Crippen LogP contribution is 2.36. The first-order chi connectivity index (χ1) is 12.5. The number of urea groups is 1. The second-order valence-electron chi connectivity index (χ2n) is 6.54. The number of aryl methyl sites for hydroxylation is 2. The average molecular weight is 362 g/mol. The average Bonchev–Trinajstić information content (AvgIpc) is 3.21. The molecule has 0 saturated heterocycles. The third-order valence-corrected chi connectivity index (χ3v) is 4.65. The number of unbranched alkanes of at least 4 members (excludes halogenated alkanes) is 1. The van der Waals surface area contributed by atoms with E-state index in [1.807, 2.05) is 0 Å². The van der Waals surface area contributed by atoms with Gasteiger partial charge in [-0.2, -0.15) is 0 Å². The van der Waals surface area contributed by atoms with E-state index in [1.165, 1.54) is 12.1 Å². The molecule has 1 atom stereocenters. The van der Waals surface area contributed by atoms with Gasteiger partial charge in [0.2, 0.25) is 0 Å². The Morgan fingerprint density at radius 2 is 2.27 bits per heavy atom. The van der Waals surface area contributed by atoms with E-state index < -0.39 is 11.6 Å². The van der Waals surface area contributed by atoms with Crippen LogP contribution in [0.3, 0.4) is 0 Å². The number of hydrogen-bond donors (Lipinski definition) is 3. The number of aromatic nitrogens is 4. The maximum Gasteiger partial charge on any atom is 0.315 e. The Balaban J connectivity index is 1.52. The topological polar surface area (TPSA) is 105 Å². The number of amides is 2. The third kappa shape index (κ3) is 3.98. The van der Waals surface area contributed by atoms with E-state index in [-0.39, 0.29) is 18.9 Å². The molecule has 1 unspecified atom stereocenters. The number of tetrazole rings is 1. The van der Waals surface area contributed by atoms with Crippen molar-refractivity contribution in [2.45, 2.75) is 51.3 Å². The van der Waals surface area contributed by atoms with Gasteiger partial charge in [0, 0.05) is 6.54 Å². The number of nitrogens with one attached hydrogen (secondary N) is 2. The fourth-order valence-electron chi connectivity index (χ4n) is 3.16. The van der Waals surface area contributed by atoms with Crippen molar-refractivity contribution < 1.29 is 14.3 Å². The standard InChI is InChI=1S/C17H23FN6O2/c1-2-3-8-24-15(21-22-23-24)10-19-16(25)20-11-17(26)7-6-12-9-13(18)4-5-14(12)17/h4-5,9,26H,2-3,6-8,10-11H2,1H3,(H2,19,20,25). The summed E-state index contributed by atoms with van der Waals surface area (Å²) in [6.45, 7) is 3.03. The van der Waals surface area contributed by atoms with E-state index in [1.54, 1.807) is 10.7 Å². The summed E-state index contributed by atoms with van der Waals surface area (Å²) >= 11 is 0. The Labute approximate surface area is 150 Å². The van der Waals surface area contributed by atoms with Gasteiger partial charge in [-0.15, -0.1) is 5.10 Å². The lowest BCUT2D eigenvalue weighted by Gasteiger charge is -2.24. The van der Waals surface area contributed by atoms with Crippen molar-refractivity contribution in [2.75, 3.05) is 6.54 Å². The molecular weight excluding hydrogens is 339 g/mol. The van der Waals surface area contributed by atoms with Crippen molar-refractivity contribution in [1.29, 1.82) is 0 Å². The van der Waals surface area contributed by atoms with Crippen LogP contribution in [-0.4, -0.2) is 37.9 Å². The number of benzene rings is 1. The molecule has 0 radical (unpaired) electrons. The van der Waals surface area contributed by atoms with Gasteiger partial charge in [-0.05, 0) is 52.9 Å². The maximum absolute atomic E-state index is 13.3. The fraction of sp³-hybridized carbons (Fsp3) is 0.529. The Morgan fingerprint density at radius 3 is 3.08 bits per heavy atom. The number of nitrogens with zero attached hydrogens (tertiary/aromatic N) is 4. The Morgan fingerprint density at radius 1 is 1.42 bits per heavy atom. The largest absolute Gasteiger partial charge is 0.383 e. The van der Waals surface area contributed by atoms with Crippen LogP contribution in [0.2, 0.25) is 0 Å². The van der Waals surface area contributed by atoms with Crippen LogP contribution < -0.4 is 10.6 Å². The van der Waals surface area contributed by atoms with Crippen molar-refractivity contribution in [2.24, 2.45) is 0 Å². The molecule has 1 heterocycles. The highest BCUT2D eigenvalue weighted by Gasteiger charge is 2.37. The second kappa shape index (κ2) is 7.77. The Bertz CT molecular complexity index is 780. The molecule has 2 aromatic rings. The van der Waals surface area contributed by atoms with Crippen molar-refractivity contribution >= 4 is 6.03 Å². The molecule has 8 nitrogen and oxygen atoms in total. The first-order valence-corrected chi connectivity index (χ1v) is 8.80. The quantitative estimate of drug-likeness (QED) is 0.687. The zero-order chi connectivity index (χ0) is 18.6. The van der Waals surface area contributed by atoms with Crippen LogP contribution in [0.4, 0.5) is 9.18 Å². The lowest BCUT2D eigenvalue weighted by molar-refractivity contribution is 0.0412. The molecule has 140 valence electrons. The zero-order valence-corrected chi connectivity index (χ0v) is 14.7. The molecule has 3 rings (SSSR count). The van der Waals surface area contributed by atoms with Crippen LogP contribution in [0.25, 0.3) is 0 Å². The minimum Gasteiger partial charge on any atom is -0.383 e. The molecule has 2 amide bonds. The van der Waals surface area contributed by atoms with Gasteiger partial charge in [0.25, 0.3) is 0 Å². The molecule has 1 aromatic carbocycles. The summed E-state index contributed by atoms with van der Waals surface area (Å²) in [7, 11) is 0. The molecule has 0 spiro atoms. The number of carbonyl (C=O) groups is 1. The minimum absolute atomic E-state index is 0.0538. The molecule has 0 bridgehead atoms. The summed E-state index contributed by atoms with van der Waals surface area (Å²) in [4.78, 5) is 12.1. The summed E-state index contributed by atoms with van der Waals surface area (Å²) in [5.41, 5.74) is 0.274. The van der Waals surface area contributed by atoms with Gasteiger partial charge in [-0.25, -0.2) is 13.9 Å². The van der Waals surface area contributed by atoms with Gasteiger partial charge in [0.05, 0.1) is 13.1 Å².